The highest BCUT2D eigenvalue weighted by Crippen LogP contribution is 2.29. The maximum absolute atomic E-state index is 13.1. The average Bonchev–Trinajstić information content (AvgIpc) is 3.16. The molecule has 0 unspecified atom stereocenters. The van der Waals surface area contributed by atoms with E-state index in [0.29, 0.717) is 29.4 Å². The number of ether oxygens (including phenoxy) is 2. The molecule has 0 aliphatic carbocycles. The number of carbonyl (C=O) groups is 2. The van der Waals surface area contributed by atoms with Gasteiger partial charge in [-0.3, -0.25) is 4.79 Å². The zero-order valence-electron chi connectivity index (χ0n) is 32.6. The lowest BCUT2D eigenvalue weighted by molar-refractivity contribution is -0.121. The summed E-state index contributed by atoms with van der Waals surface area (Å²) in [5.41, 5.74) is 3.64. The number of Topliss-reactive ketones (excluding diaryl/α,β-unsaturated/α-hetero) is 1. The number of hydrogen-bond donors (Lipinski definition) is 0. The number of ketones is 1. The van der Waals surface area contributed by atoms with Crippen molar-refractivity contribution in [3.05, 3.63) is 96.1 Å². The highest BCUT2D eigenvalue weighted by molar-refractivity contribution is 5.93. The normalized spacial score (nSPS) is 11.9. The fourth-order valence-electron chi connectivity index (χ4n) is 7.23. The van der Waals surface area contributed by atoms with Gasteiger partial charge in [-0.15, -0.1) is 0 Å². The van der Waals surface area contributed by atoms with Gasteiger partial charge in [0.1, 0.15) is 17.3 Å². The molecule has 280 valence electrons. The Kier molecular flexibility index (Phi) is 18.0. The Morgan fingerprint density at radius 1 is 0.558 bits per heavy atom. The lowest BCUT2D eigenvalue weighted by atomic mass is 9.86. The summed E-state index contributed by atoms with van der Waals surface area (Å²) < 4.78 is 11.8. The minimum atomic E-state index is -0.392. The molecule has 0 fully saturated rings. The quantitative estimate of drug-likeness (QED) is 0.0391. The van der Waals surface area contributed by atoms with Crippen molar-refractivity contribution in [2.75, 3.05) is 6.61 Å². The third-order valence-corrected chi connectivity index (χ3v) is 10.5. The second kappa shape index (κ2) is 22.9. The summed E-state index contributed by atoms with van der Waals surface area (Å²) in [6.07, 6.45) is 21.2. The second-order valence-electron chi connectivity index (χ2n) is 14.8. The SMILES string of the molecule is CCCCCCCCCCCCCCOc1ccc(-c2ccc(C(=O)Oc3ccc4cc([C@H](C)C(=O)CC(CCC)CCC)ccc4c3)cc2)cc1. The molecule has 0 aromatic heterocycles. The largest absolute Gasteiger partial charge is 0.494 e. The van der Waals surface area contributed by atoms with Gasteiger partial charge in [-0.2, -0.15) is 0 Å². The van der Waals surface area contributed by atoms with Gasteiger partial charge in [0.25, 0.3) is 0 Å². The number of esters is 1. The summed E-state index contributed by atoms with van der Waals surface area (Å²) >= 11 is 0. The maximum atomic E-state index is 13.1. The molecular formula is C48H64O4. The van der Waals surface area contributed by atoms with Crippen molar-refractivity contribution in [2.45, 2.75) is 143 Å². The van der Waals surface area contributed by atoms with Crippen LogP contribution in [0.4, 0.5) is 0 Å². The van der Waals surface area contributed by atoms with E-state index >= 15 is 0 Å². The Labute approximate surface area is 314 Å². The van der Waals surface area contributed by atoms with E-state index in [9.17, 15) is 9.59 Å². The highest BCUT2D eigenvalue weighted by Gasteiger charge is 2.20. The Morgan fingerprint density at radius 2 is 1.08 bits per heavy atom. The molecule has 0 N–H and O–H groups in total. The zero-order chi connectivity index (χ0) is 37.0. The molecule has 52 heavy (non-hydrogen) atoms. The number of fused-ring (bicyclic) bond motifs is 1. The summed E-state index contributed by atoms with van der Waals surface area (Å²) in [7, 11) is 0. The van der Waals surface area contributed by atoms with E-state index in [0.717, 1.165) is 71.9 Å². The van der Waals surface area contributed by atoms with E-state index in [2.05, 4.69) is 39.0 Å². The number of unbranched alkanes of at least 4 members (excludes halogenated alkanes) is 11. The van der Waals surface area contributed by atoms with Crippen LogP contribution in [0.15, 0.2) is 84.9 Å². The van der Waals surface area contributed by atoms with Gasteiger partial charge in [-0.05, 0) is 76.2 Å². The van der Waals surface area contributed by atoms with Crippen LogP contribution in [0.5, 0.6) is 11.5 Å². The number of hydrogen-bond acceptors (Lipinski definition) is 4. The molecule has 0 amide bonds. The first kappa shape index (κ1) is 40.8. The van der Waals surface area contributed by atoms with E-state index < -0.39 is 5.97 Å². The third-order valence-electron chi connectivity index (χ3n) is 10.5. The number of rotatable bonds is 25. The first-order valence-electron chi connectivity index (χ1n) is 20.5. The first-order valence-corrected chi connectivity index (χ1v) is 20.5. The van der Waals surface area contributed by atoms with Gasteiger partial charge in [-0.1, -0.05) is 173 Å². The molecule has 4 heteroatoms. The van der Waals surface area contributed by atoms with E-state index in [1.165, 1.54) is 70.6 Å². The van der Waals surface area contributed by atoms with Crippen molar-refractivity contribution in [1.82, 2.24) is 0 Å². The standard InChI is InChI=1S/C48H64O4/c1-5-8-9-10-11-12-13-14-15-16-17-18-33-51-45-30-27-40(28-31-45)39-21-23-41(24-22-39)48(50)52-46-32-29-43-35-42(25-26-44(43)36-46)37(4)47(49)34-38(19-6-2)20-7-3/h21-32,35-38H,5-20,33-34H2,1-4H3/t37-/m0/s1. The minimum Gasteiger partial charge on any atom is -0.494 e. The van der Waals surface area contributed by atoms with Crippen molar-refractivity contribution in [3.63, 3.8) is 0 Å². The van der Waals surface area contributed by atoms with Crippen LogP contribution in [0.1, 0.15) is 159 Å². The molecule has 0 saturated carbocycles. The molecule has 0 spiro atoms. The van der Waals surface area contributed by atoms with Crippen LogP contribution in [0.3, 0.4) is 0 Å². The average molecular weight is 705 g/mol. The smallest absolute Gasteiger partial charge is 0.343 e. The molecule has 0 aliphatic heterocycles. The molecule has 0 heterocycles. The van der Waals surface area contributed by atoms with Crippen LogP contribution >= 0.6 is 0 Å². The van der Waals surface area contributed by atoms with Gasteiger partial charge in [0.2, 0.25) is 0 Å². The van der Waals surface area contributed by atoms with Gasteiger partial charge < -0.3 is 9.47 Å². The zero-order valence-corrected chi connectivity index (χ0v) is 32.6. The molecule has 4 rings (SSSR count). The van der Waals surface area contributed by atoms with Crippen LogP contribution in [-0.2, 0) is 4.79 Å². The van der Waals surface area contributed by atoms with E-state index in [1.807, 2.05) is 73.7 Å². The predicted octanol–water partition coefficient (Wildman–Crippen LogP) is 14.1. The van der Waals surface area contributed by atoms with E-state index in [1.54, 1.807) is 0 Å². The van der Waals surface area contributed by atoms with Crippen molar-refractivity contribution in [1.29, 1.82) is 0 Å². The van der Waals surface area contributed by atoms with E-state index in [-0.39, 0.29) is 5.92 Å². The van der Waals surface area contributed by atoms with Crippen molar-refractivity contribution < 1.29 is 19.1 Å². The van der Waals surface area contributed by atoms with Crippen LogP contribution < -0.4 is 9.47 Å². The van der Waals surface area contributed by atoms with Crippen molar-refractivity contribution in [3.8, 4) is 22.6 Å². The summed E-state index contributed by atoms with van der Waals surface area (Å²) in [5.74, 6) is 1.65. The fourth-order valence-corrected chi connectivity index (χ4v) is 7.23. The topological polar surface area (TPSA) is 52.6 Å². The van der Waals surface area contributed by atoms with Crippen molar-refractivity contribution in [2.24, 2.45) is 5.92 Å². The van der Waals surface area contributed by atoms with Gasteiger partial charge in [0, 0.05) is 12.3 Å². The Bertz CT molecular complexity index is 1620. The van der Waals surface area contributed by atoms with Gasteiger partial charge in [0.15, 0.2) is 0 Å². The number of carbonyl (C=O) groups excluding carboxylic acids is 2. The predicted molar refractivity (Wildman–Crippen MR) is 219 cm³/mol. The Hall–Kier alpha value is -3.92. The molecule has 4 aromatic rings. The lowest BCUT2D eigenvalue weighted by Crippen LogP contribution is -2.14. The van der Waals surface area contributed by atoms with Crippen LogP contribution in [0.2, 0.25) is 0 Å². The first-order chi connectivity index (χ1) is 25.4. The van der Waals surface area contributed by atoms with Crippen LogP contribution in [0.25, 0.3) is 21.9 Å². The van der Waals surface area contributed by atoms with Gasteiger partial charge in [0.05, 0.1) is 12.2 Å². The molecule has 1 atom stereocenters. The molecule has 4 aromatic carbocycles. The fraction of sp³-hybridized carbons (Fsp3) is 0.500. The molecular weight excluding hydrogens is 641 g/mol. The maximum Gasteiger partial charge on any atom is 0.343 e. The van der Waals surface area contributed by atoms with Crippen LogP contribution in [-0.4, -0.2) is 18.4 Å². The van der Waals surface area contributed by atoms with Crippen molar-refractivity contribution >= 4 is 22.5 Å². The monoisotopic (exact) mass is 704 g/mol. The molecule has 4 nitrogen and oxygen atoms in total. The second-order valence-corrected chi connectivity index (χ2v) is 14.8. The summed E-state index contributed by atoms with van der Waals surface area (Å²) in [6, 6.07) is 27.5. The lowest BCUT2D eigenvalue weighted by Gasteiger charge is -2.18. The molecule has 0 bridgehead atoms. The summed E-state index contributed by atoms with van der Waals surface area (Å²) in [6.45, 7) is 9.43. The molecule has 0 radical (unpaired) electrons. The molecule has 0 saturated heterocycles. The number of benzene rings is 4. The Balaban J connectivity index is 1.19. The summed E-state index contributed by atoms with van der Waals surface area (Å²) in [4.78, 5) is 26.1. The Morgan fingerprint density at radius 3 is 1.67 bits per heavy atom. The van der Waals surface area contributed by atoms with Gasteiger partial charge in [-0.25, -0.2) is 4.79 Å². The minimum absolute atomic E-state index is 0.138. The highest BCUT2D eigenvalue weighted by atomic mass is 16.5. The van der Waals surface area contributed by atoms with Gasteiger partial charge >= 0.3 is 5.97 Å². The third kappa shape index (κ3) is 13.6. The van der Waals surface area contributed by atoms with Crippen LogP contribution in [0, 0.1) is 5.92 Å². The molecule has 0 aliphatic rings. The van der Waals surface area contributed by atoms with E-state index in [4.69, 9.17) is 9.47 Å². The summed E-state index contributed by atoms with van der Waals surface area (Å²) in [5, 5.41) is 2.00.